The predicted octanol–water partition coefficient (Wildman–Crippen LogP) is 3.00. The second kappa shape index (κ2) is 4.09. The predicted molar refractivity (Wildman–Crippen MR) is 66.8 cm³/mol. The summed E-state index contributed by atoms with van der Waals surface area (Å²) in [5, 5.41) is 5.09. The fourth-order valence-electron chi connectivity index (χ4n) is 2.14. The Morgan fingerprint density at radius 2 is 2.38 bits per heavy atom. The maximum absolute atomic E-state index is 4.67. The van der Waals surface area contributed by atoms with E-state index >= 15 is 0 Å². The van der Waals surface area contributed by atoms with Gasteiger partial charge in [-0.25, -0.2) is 9.50 Å². The number of rotatable bonds is 1. The minimum Gasteiger partial charge on any atom is -0.221 e. The molecule has 3 rings (SSSR count). The van der Waals surface area contributed by atoms with E-state index in [1.54, 1.807) is 0 Å². The second-order valence-electron chi connectivity index (χ2n) is 4.28. The molecule has 84 valence electrons. The van der Waals surface area contributed by atoms with E-state index in [1.807, 2.05) is 28.5 Å². The Labute approximate surface area is 99.3 Å². The first-order valence-corrected chi connectivity index (χ1v) is 6.83. The SMILES string of the molecule is Cc1cccn2nc(C3CCCCS3)nc12. The number of aryl methyl sites for hydroxylation is 1. The molecule has 0 aromatic carbocycles. The van der Waals surface area contributed by atoms with Crippen LogP contribution in [0.1, 0.15) is 35.9 Å². The zero-order chi connectivity index (χ0) is 11.0. The maximum Gasteiger partial charge on any atom is 0.164 e. The summed E-state index contributed by atoms with van der Waals surface area (Å²) in [7, 11) is 0. The van der Waals surface area contributed by atoms with Crippen molar-refractivity contribution >= 4 is 17.4 Å². The molecule has 0 bridgehead atoms. The van der Waals surface area contributed by atoms with Gasteiger partial charge in [0.15, 0.2) is 11.5 Å². The third-order valence-electron chi connectivity index (χ3n) is 3.04. The van der Waals surface area contributed by atoms with Gasteiger partial charge in [-0.3, -0.25) is 0 Å². The van der Waals surface area contributed by atoms with Gasteiger partial charge in [-0.05, 0) is 37.1 Å². The molecule has 16 heavy (non-hydrogen) atoms. The van der Waals surface area contributed by atoms with Crippen molar-refractivity contribution in [2.75, 3.05) is 5.75 Å². The van der Waals surface area contributed by atoms with Crippen LogP contribution in [0.3, 0.4) is 0 Å². The van der Waals surface area contributed by atoms with Crippen molar-refractivity contribution in [3.8, 4) is 0 Å². The molecule has 1 atom stereocenters. The Kier molecular flexibility index (Phi) is 2.59. The number of thioether (sulfide) groups is 1. The fourth-order valence-corrected chi connectivity index (χ4v) is 3.37. The Morgan fingerprint density at radius 1 is 1.44 bits per heavy atom. The van der Waals surface area contributed by atoms with E-state index in [9.17, 15) is 0 Å². The molecule has 0 spiro atoms. The molecule has 3 heterocycles. The third-order valence-corrected chi connectivity index (χ3v) is 4.41. The Balaban J connectivity index is 2.01. The average Bonchev–Trinajstić information content (AvgIpc) is 2.76. The first-order chi connectivity index (χ1) is 7.84. The van der Waals surface area contributed by atoms with Crippen LogP contribution in [0.2, 0.25) is 0 Å². The molecule has 2 aromatic heterocycles. The van der Waals surface area contributed by atoms with Crippen molar-refractivity contribution in [1.29, 1.82) is 0 Å². The first-order valence-electron chi connectivity index (χ1n) is 5.78. The molecule has 1 fully saturated rings. The zero-order valence-corrected chi connectivity index (χ0v) is 10.2. The largest absolute Gasteiger partial charge is 0.221 e. The minimum atomic E-state index is 0.507. The van der Waals surface area contributed by atoms with E-state index in [2.05, 4.69) is 23.1 Å². The number of hydrogen-bond acceptors (Lipinski definition) is 3. The lowest BCUT2D eigenvalue weighted by atomic mass is 10.2. The summed E-state index contributed by atoms with van der Waals surface area (Å²) >= 11 is 2.00. The van der Waals surface area contributed by atoms with Crippen LogP contribution in [-0.2, 0) is 0 Å². The highest BCUT2D eigenvalue weighted by atomic mass is 32.2. The summed E-state index contributed by atoms with van der Waals surface area (Å²) in [5.41, 5.74) is 2.20. The summed E-state index contributed by atoms with van der Waals surface area (Å²) in [5.74, 6) is 2.26. The minimum absolute atomic E-state index is 0.507. The molecular weight excluding hydrogens is 218 g/mol. The van der Waals surface area contributed by atoms with Crippen LogP contribution < -0.4 is 0 Å². The number of fused-ring (bicyclic) bond motifs is 1. The van der Waals surface area contributed by atoms with E-state index in [-0.39, 0.29) is 0 Å². The van der Waals surface area contributed by atoms with Crippen molar-refractivity contribution in [1.82, 2.24) is 14.6 Å². The van der Waals surface area contributed by atoms with Crippen molar-refractivity contribution in [2.24, 2.45) is 0 Å². The van der Waals surface area contributed by atoms with Gasteiger partial charge in [-0.15, -0.1) is 0 Å². The number of pyridine rings is 1. The van der Waals surface area contributed by atoms with Gasteiger partial charge in [0.1, 0.15) is 0 Å². The monoisotopic (exact) mass is 233 g/mol. The Hall–Kier alpha value is -1.03. The number of nitrogens with zero attached hydrogens (tertiary/aromatic N) is 3. The summed E-state index contributed by atoms with van der Waals surface area (Å²) in [6, 6.07) is 4.11. The molecule has 0 N–H and O–H groups in total. The summed E-state index contributed by atoms with van der Waals surface area (Å²) in [6.07, 6.45) is 5.85. The van der Waals surface area contributed by atoms with Crippen LogP contribution in [0.15, 0.2) is 18.3 Å². The standard InChI is InChI=1S/C12H15N3S/c1-9-5-4-7-15-12(9)13-11(14-15)10-6-2-3-8-16-10/h4-5,7,10H,2-3,6,8H2,1H3. The van der Waals surface area contributed by atoms with Gasteiger partial charge in [0.05, 0.1) is 5.25 Å². The normalized spacial score (nSPS) is 21.4. The lowest BCUT2D eigenvalue weighted by molar-refractivity contribution is 0.661. The molecule has 1 aliphatic heterocycles. The van der Waals surface area contributed by atoms with Crippen LogP contribution in [0, 0.1) is 6.92 Å². The molecule has 0 saturated carbocycles. The highest BCUT2D eigenvalue weighted by Crippen LogP contribution is 2.36. The molecule has 0 radical (unpaired) electrons. The average molecular weight is 233 g/mol. The summed E-state index contributed by atoms with van der Waals surface area (Å²) in [4.78, 5) is 4.67. The molecule has 1 aliphatic rings. The number of aromatic nitrogens is 3. The maximum atomic E-state index is 4.67. The van der Waals surface area contributed by atoms with E-state index in [1.165, 1.54) is 30.6 Å². The molecular formula is C12H15N3S. The molecule has 0 amide bonds. The topological polar surface area (TPSA) is 30.2 Å². The zero-order valence-electron chi connectivity index (χ0n) is 9.39. The van der Waals surface area contributed by atoms with Gasteiger partial charge >= 0.3 is 0 Å². The Bertz CT molecular complexity index is 500. The van der Waals surface area contributed by atoms with Crippen LogP contribution in [0.25, 0.3) is 5.65 Å². The molecule has 2 aromatic rings. The molecule has 4 heteroatoms. The van der Waals surface area contributed by atoms with E-state index in [0.717, 1.165) is 11.5 Å². The molecule has 0 aliphatic carbocycles. The lowest BCUT2D eigenvalue weighted by Gasteiger charge is -2.17. The van der Waals surface area contributed by atoms with Gasteiger partial charge in [0.2, 0.25) is 0 Å². The molecule has 1 unspecified atom stereocenters. The van der Waals surface area contributed by atoms with Crippen molar-refractivity contribution in [3.05, 3.63) is 29.7 Å². The Morgan fingerprint density at radius 3 is 3.12 bits per heavy atom. The highest BCUT2D eigenvalue weighted by Gasteiger charge is 2.20. The van der Waals surface area contributed by atoms with Gasteiger partial charge in [-0.2, -0.15) is 16.9 Å². The van der Waals surface area contributed by atoms with Gasteiger partial charge in [0.25, 0.3) is 0 Å². The van der Waals surface area contributed by atoms with Crippen LogP contribution in [0.5, 0.6) is 0 Å². The smallest absolute Gasteiger partial charge is 0.164 e. The summed E-state index contributed by atoms with van der Waals surface area (Å²) < 4.78 is 1.90. The molecule has 1 saturated heterocycles. The van der Waals surface area contributed by atoms with Gasteiger partial charge in [0, 0.05) is 6.20 Å². The molecule has 3 nitrogen and oxygen atoms in total. The van der Waals surface area contributed by atoms with Crippen molar-refractivity contribution < 1.29 is 0 Å². The van der Waals surface area contributed by atoms with E-state index < -0.39 is 0 Å². The van der Waals surface area contributed by atoms with Crippen LogP contribution in [-0.4, -0.2) is 20.4 Å². The van der Waals surface area contributed by atoms with Crippen LogP contribution >= 0.6 is 11.8 Å². The number of hydrogen-bond donors (Lipinski definition) is 0. The van der Waals surface area contributed by atoms with Gasteiger partial charge < -0.3 is 0 Å². The van der Waals surface area contributed by atoms with Crippen molar-refractivity contribution in [2.45, 2.75) is 31.4 Å². The quantitative estimate of drug-likeness (QED) is 0.758. The lowest BCUT2D eigenvalue weighted by Crippen LogP contribution is -2.04. The van der Waals surface area contributed by atoms with E-state index in [0.29, 0.717) is 5.25 Å². The second-order valence-corrected chi connectivity index (χ2v) is 5.60. The fraction of sp³-hybridized carbons (Fsp3) is 0.500. The van der Waals surface area contributed by atoms with Gasteiger partial charge in [-0.1, -0.05) is 12.5 Å². The highest BCUT2D eigenvalue weighted by molar-refractivity contribution is 7.99. The van der Waals surface area contributed by atoms with Crippen molar-refractivity contribution in [3.63, 3.8) is 0 Å². The first kappa shape index (κ1) is 10.1. The third kappa shape index (κ3) is 1.71. The summed E-state index contributed by atoms with van der Waals surface area (Å²) in [6.45, 7) is 2.09. The van der Waals surface area contributed by atoms with E-state index in [4.69, 9.17) is 0 Å². The van der Waals surface area contributed by atoms with Crippen LogP contribution in [0.4, 0.5) is 0 Å².